The Bertz CT molecular complexity index is 952. The highest BCUT2D eigenvalue weighted by Crippen LogP contribution is 2.28. The van der Waals surface area contributed by atoms with Gasteiger partial charge in [-0.2, -0.15) is 0 Å². The maximum Gasteiger partial charge on any atom is 0.267 e. The van der Waals surface area contributed by atoms with E-state index in [1.54, 1.807) is 13.1 Å². The molecule has 0 unspecified atom stereocenters. The highest BCUT2D eigenvalue weighted by atomic mass is 16.5. The molecule has 0 aliphatic carbocycles. The smallest absolute Gasteiger partial charge is 0.267 e. The van der Waals surface area contributed by atoms with Crippen LogP contribution >= 0.6 is 0 Å². The fraction of sp³-hybridized carbons (Fsp3) is 0.278. The van der Waals surface area contributed by atoms with Gasteiger partial charge < -0.3 is 20.1 Å². The summed E-state index contributed by atoms with van der Waals surface area (Å²) in [4.78, 5) is 27.8. The molecule has 2 aromatic heterocycles. The standard InChI is InChI=1S/C18H21N5O3/c1-11-17(18(25)22-21-11)14(9-15(19)24)12-3-5-13(6-4-12)26-10-16-20-7-8-23(16)2/h3-8,14H,9-10H2,1-2H3,(H2,19,24)(H2,21,22,25)/t14-/m0/s1. The van der Waals surface area contributed by atoms with E-state index in [-0.39, 0.29) is 12.0 Å². The molecule has 4 N–H and O–H groups in total. The Balaban J connectivity index is 1.81. The van der Waals surface area contributed by atoms with Crippen molar-refractivity contribution >= 4 is 5.91 Å². The van der Waals surface area contributed by atoms with Crippen LogP contribution in [0.4, 0.5) is 0 Å². The molecule has 3 aromatic rings. The maximum atomic E-state index is 12.1. The Hall–Kier alpha value is -3.29. The van der Waals surface area contributed by atoms with E-state index in [2.05, 4.69) is 15.2 Å². The molecule has 0 fully saturated rings. The lowest BCUT2D eigenvalue weighted by atomic mass is 9.88. The van der Waals surface area contributed by atoms with Crippen LogP contribution in [-0.4, -0.2) is 25.7 Å². The molecule has 0 aliphatic rings. The summed E-state index contributed by atoms with van der Waals surface area (Å²) in [7, 11) is 1.90. The molecule has 1 amide bonds. The molecule has 1 atom stereocenters. The number of hydrogen-bond donors (Lipinski definition) is 3. The number of nitrogens with one attached hydrogen (secondary N) is 2. The van der Waals surface area contributed by atoms with Gasteiger partial charge in [0.15, 0.2) is 0 Å². The molecule has 1 aromatic carbocycles. The van der Waals surface area contributed by atoms with Crippen LogP contribution in [0.1, 0.15) is 35.0 Å². The van der Waals surface area contributed by atoms with Crippen molar-refractivity contribution in [3.8, 4) is 5.75 Å². The van der Waals surface area contributed by atoms with Crippen LogP contribution in [0.3, 0.4) is 0 Å². The number of aryl methyl sites for hydroxylation is 2. The first-order valence-corrected chi connectivity index (χ1v) is 8.20. The number of aromatic nitrogens is 4. The zero-order chi connectivity index (χ0) is 18.7. The minimum absolute atomic E-state index is 0.0508. The van der Waals surface area contributed by atoms with E-state index >= 15 is 0 Å². The van der Waals surface area contributed by atoms with Crippen molar-refractivity contribution in [3.63, 3.8) is 0 Å². The highest BCUT2D eigenvalue weighted by Gasteiger charge is 2.23. The molecule has 0 radical (unpaired) electrons. The Labute approximate surface area is 150 Å². The highest BCUT2D eigenvalue weighted by molar-refractivity contribution is 5.75. The number of nitrogens with zero attached hydrogens (tertiary/aromatic N) is 2. The van der Waals surface area contributed by atoms with Gasteiger partial charge in [0.25, 0.3) is 5.56 Å². The molecule has 0 bridgehead atoms. The monoisotopic (exact) mass is 355 g/mol. The number of imidazole rings is 1. The van der Waals surface area contributed by atoms with Gasteiger partial charge in [-0.3, -0.25) is 14.7 Å². The van der Waals surface area contributed by atoms with Crippen LogP contribution < -0.4 is 16.0 Å². The van der Waals surface area contributed by atoms with Crippen molar-refractivity contribution in [1.82, 2.24) is 19.7 Å². The molecule has 8 heteroatoms. The van der Waals surface area contributed by atoms with Gasteiger partial charge in [-0.15, -0.1) is 0 Å². The lowest BCUT2D eigenvalue weighted by Gasteiger charge is -2.15. The molecule has 3 rings (SSSR count). The fourth-order valence-corrected chi connectivity index (χ4v) is 2.94. The van der Waals surface area contributed by atoms with Gasteiger partial charge in [-0.25, -0.2) is 4.98 Å². The molecule has 26 heavy (non-hydrogen) atoms. The third kappa shape index (κ3) is 3.69. The van der Waals surface area contributed by atoms with Gasteiger partial charge in [0.2, 0.25) is 5.91 Å². The molecule has 2 heterocycles. The number of carbonyl (C=O) groups is 1. The van der Waals surface area contributed by atoms with Gasteiger partial charge in [0, 0.05) is 43.0 Å². The van der Waals surface area contributed by atoms with Crippen molar-refractivity contribution in [1.29, 1.82) is 0 Å². The average molecular weight is 355 g/mol. The van der Waals surface area contributed by atoms with Crippen molar-refractivity contribution in [3.05, 3.63) is 69.7 Å². The number of ether oxygens (including phenoxy) is 1. The van der Waals surface area contributed by atoms with Crippen LogP contribution in [-0.2, 0) is 18.4 Å². The topological polar surface area (TPSA) is 119 Å². The first kappa shape index (κ1) is 17.5. The van der Waals surface area contributed by atoms with Crippen LogP contribution in [0.5, 0.6) is 5.75 Å². The molecule has 136 valence electrons. The average Bonchev–Trinajstić information content (AvgIpc) is 3.17. The summed E-state index contributed by atoms with van der Waals surface area (Å²) in [6.45, 7) is 2.13. The van der Waals surface area contributed by atoms with E-state index in [1.807, 2.05) is 42.1 Å². The van der Waals surface area contributed by atoms with Crippen molar-refractivity contribution in [2.45, 2.75) is 25.9 Å². The molecular weight excluding hydrogens is 334 g/mol. The summed E-state index contributed by atoms with van der Waals surface area (Å²) in [6, 6.07) is 7.30. The second-order valence-corrected chi connectivity index (χ2v) is 6.15. The van der Waals surface area contributed by atoms with Crippen molar-refractivity contribution < 1.29 is 9.53 Å². The summed E-state index contributed by atoms with van der Waals surface area (Å²) < 4.78 is 7.62. The minimum Gasteiger partial charge on any atom is -0.486 e. The van der Waals surface area contributed by atoms with E-state index < -0.39 is 11.8 Å². The van der Waals surface area contributed by atoms with Crippen molar-refractivity contribution in [2.24, 2.45) is 12.8 Å². The van der Waals surface area contributed by atoms with Gasteiger partial charge >= 0.3 is 0 Å². The third-order valence-corrected chi connectivity index (χ3v) is 4.34. The fourth-order valence-electron chi connectivity index (χ4n) is 2.94. The van der Waals surface area contributed by atoms with Crippen LogP contribution in [0.15, 0.2) is 41.5 Å². The van der Waals surface area contributed by atoms with Crippen molar-refractivity contribution in [2.75, 3.05) is 0 Å². The first-order valence-electron chi connectivity index (χ1n) is 8.20. The predicted octanol–water partition coefficient (Wildman–Crippen LogP) is 1.33. The van der Waals surface area contributed by atoms with E-state index in [0.717, 1.165) is 11.4 Å². The second-order valence-electron chi connectivity index (χ2n) is 6.15. The predicted molar refractivity (Wildman–Crippen MR) is 95.8 cm³/mol. The number of rotatable bonds is 7. The summed E-state index contributed by atoms with van der Waals surface area (Å²) in [5.41, 5.74) is 7.17. The van der Waals surface area contributed by atoms with Gasteiger partial charge in [-0.1, -0.05) is 12.1 Å². The Kier molecular flexibility index (Phi) is 4.92. The lowest BCUT2D eigenvalue weighted by molar-refractivity contribution is -0.118. The molecule has 0 saturated heterocycles. The molecule has 0 aliphatic heterocycles. The van der Waals surface area contributed by atoms with E-state index in [4.69, 9.17) is 10.5 Å². The summed E-state index contributed by atoms with van der Waals surface area (Å²) >= 11 is 0. The summed E-state index contributed by atoms with van der Waals surface area (Å²) in [5.74, 6) is 0.612. The SMILES string of the molecule is Cc1[nH][nH]c(=O)c1[C@@H](CC(N)=O)c1ccc(OCc2nccn2C)cc1. The summed E-state index contributed by atoms with van der Waals surface area (Å²) in [5, 5.41) is 5.34. The first-order chi connectivity index (χ1) is 12.5. The molecule has 0 saturated carbocycles. The zero-order valence-corrected chi connectivity index (χ0v) is 14.7. The molecule has 0 spiro atoms. The van der Waals surface area contributed by atoms with Crippen LogP contribution in [0, 0.1) is 6.92 Å². The van der Waals surface area contributed by atoms with E-state index in [0.29, 0.717) is 23.6 Å². The number of aromatic amines is 2. The number of benzene rings is 1. The number of amides is 1. The zero-order valence-electron chi connectivity index (χ0n) is 14.7. The normalized spacial score (nSPS) is 12.1. The number of H-pyrrole nitrogens is 2. The van der Waals surface area contributed by atoms with Crippen LogP contribution in [0.2, 0.25) is 0 Å². The Morgan fingerprint density at radius 3 is 2.58 bits per heavy atom. The summed E-state index contributed by atoms with van der Waals surface area (Å²) in [6.07, 6.45) is 3.62. The Morgan fingerprint density at radius 1 is 1.31 bits per heavy atom. The number of carbonyl (C=O) groups excluding carboxylic acids is 1. The second kappa shape index (κ2) is 7.30. The van der Waals surface area contributed by atoms with Gasteiger partial charge in [0.1, 0.15) is 18.2 Å². The largest absolute Gasteiger partial charge is 0.486 e. The van der Waals surface area contributed by atoms with Gasteiger partial charge in [0.05, 0.1) is 0 Å². The number of nitrogens with two attached hydrogens (primary N) is 1. The Morgan fingerprint density at radius 2 is 2.04 bits per heavy atom. The number of hydrogen-bond acceptors (Lipinski definition) is 4. The lowest BCUT2D eigenvalue weighted by Crippen LogP contribution is -2.20. The molecular formula is C18H21N5O3. The molecule has 8 nitrogen and oxygen atoms in total. The number of primary amides is 1. The van der Waals surface area contributed by atoms with Crippen LogP contribution in [0.25, 0.3) is 0 Å². The minimum atomic E-state index is -0.467. The van der Waals surface area contributed by atoms with Gasteiger partial charge in [-0.05, 0) is 24.6 Å². The van der Waals surface area contributed by atoms with E-state index in [1.165, 1.54) is 0 Å². The quantitative estimate of drug-likeness (QED) is 0.592. The third-order valence-electron chi connectivity index (χ3n) is 4.34. The maximum absolute atomic E-state index is 12.1. The van der Waals surface area contributed by atoms with E-state index in [9.17, 15) is 9.59 Å².